The number of benzene rings is 3. The van der Waals surface area contributed by atoms with Crippen LogP contribution >= 0.6 is 23.2 Å². The molecule has 46 heavy (non-hydrogen) atoms. The first kappa shape index (κ1) is 32.5. The summed E-state index contributed by atoms with van der Waals surface area (Å²) in [6, 6.07) is 23.1. The van der Waals surface area contributed by atoms with E-state index in [1.165, 1.54) is 12.8 Å². The molecule has 3 aromatic rings. The minimum absolute atomic E-state index is 0.00545. The fraction of sp³-hybridized carbons (Fsp3) is 0.432. The van der Waals surface area contributed by atoms with Crippen molar-refractivity contribution in [2.45, 2.75) is 63.3 Å². The Labute approximate surface area is 281 Å². The Morgan fingerprint density at radius 1 is 0.913 bits per heavy atom. The van der Waals surface area contributed by atoms with Gasteiger partial charge in [-0.05, 0) is 78.3 Å². The van der Waals surface area contributed by atoms with E-state index in [4.69, 9.17) is 27.9 Å². The van der Waals surface area contributed by atoms with Gasteiger partial charge in [-0.25, -0.2) is 0 Å². The van der Waals surface area contributed by atoms with E-state index < -0.39 is 24.3 Å². The van der Waals surface area contributed by atoms with Crippen LogP contribution in [0.2, 0.25) is 10.0 Å². The molecule has 9 heteroatoms. The fourth-order valence-electron chi connectivity index (χ4n) is 6.76. The Morgan fingerprint density at radius 3 is 2.09 bits per heavy atom. The van der Waals surface area contributed by atoms with Crippen LogP contribution in [0.4, 0.5) is 0 Å². The smallest absolute Gasteiger partial charge is 0.253 e. The quantitative estimate of drug-likeness (QED) is 0.238. The molecule has 0 bridgehead atoms. The molecule has 0 spiro atoms. The number of nitrogens with zero attached hydrogens (tertiary/aromatic N) is 4. The second-order valence-corrected chi connectivity index (χ2v) is 13.6. The first-order chi connectivity index (χ1) is 22.3. The molecule has 2 heterocycles. The van der Waals surface area contributed by atoms with Gasteiger partial charge in [-0.1, -0.05) is 72.9 Å². The molecule has 7 nitrogen and oxygen atoms in total. The summed E-state index contributed by atoms with van der Waals surface area (Å²) in [5, 5.41) is 10.5. The summed E-state index contributed by atoms with van der Waals surface area (Å²) < 4.78 is 6.76. The fourth-order valence-corrected chi connectivity index (χ4v) is 7.01. The molecular formula is C37H40Cl2N4O3. The molecule has 6 rings (SSSR count). The van der Waals surface area contributed by atoms with Gasteiger partial charge in [0.05, 0.1) is 17.7 Å². The average molecular weight is 660 g/mol. The van der Waals surface area contributed by atoms with Crippen molar-refractivity contribution in [2.75, 3.05) is 32.7 Å². The predicted molar refractivity (Wildman–Crippen MR) is 179 cm³/mol. The average Bonchev–Trinajstić information content (AvgIpc) is 3.90. The molecule has 3 fully saturated rings. The van der Waals surface area contributed by atoms with Crippen LogP contribution < -0.4 is 0 Å². The molecular weight excluding hydrogens is 619 g/mol. The van der Waals surface area contributed by atoms with Crippen LogP contribution in [0.3, 0.4) is 0 Å². The maximum atomic E-state index is 14.7. The van der Waals surface area contributed by atoms with Crippen LogP contribution in [0.15, 0.2) is 72.8 Å². The van der Waals surface area contributed by atoms with Crippen molar-refractivity contribution in [3.05, 3.63) is 105 Å². The highest BCUT2D eigenvalue weighted by atomic mass is 35.5. The Hall–Kier alpha value is -3.41. The van der Waals surface area contributed by atoms with Crippen molar-refractivity contribution in [1.29, 1.82) is 5.26 Å². The van der Waals surface area contributed by atoms with Crippen LogP contribution in [0, 0.1) is 17.2 Å². The standard InChI is InChI=1S/C37H40Cl2N4O3/c1-2-3-32(36(44)42-20-18-41(19-21-42)24-27-8-9-27)43-34(28-10-14-30(38)15-11-28)35(29-12-16-31(39)17-13-29)46-33(37(43)45)22-25-4-6-26(23-40)7-5-25/h4-7,10-17,27,32-35H,2-3,8-9,18-22,24H2,1H3/t32-,33+,34-,35+/m0/s1. The zero-order valence-corrected chi connectivity index (χ0v) is 27.7. The Morgan fingerprint density at radius 2 is 1.52 bits per heavy atom. The summed E-state index contributed by atoms with van der Waals surface area (Å²) in [7, 11) is 0. The number of piperazine rings is 1. The zero-order chi connectivity index (χ0) is 32.2. The first-order valence-electron chi connectivity index (χ1n) is 16.3. The summed E-state index contributed by atoms with van der Waals surface area (Å²) in [6.07, 6.45) is 2.80. The van der Waals surface area contributed by atoms with E-state index in [0.29, 0.717) is 41.5 Å². The van der Waals surface area contributed by atoms with Crippen LogP contribution in [0.25, 0.3) is 0 Å². The lowest BCUT2D eigenvalue weighted by molar-refractivity contribution is -0.183. The predicted octanol–water partition coefficient (Wildman–Crippen LogP) is 6.84. The Bertz CT molecular complexity index is 1550. The van der Waals surface area contributed by atoms with Crippen molar-refractivity contribution in [1.82, 2.24) is 14.7 Å². The van der Waals surface area contributed by atoms with Crippen molar-refractivity contribution >= 4 is 35.0 Å². The maximum absolute atomic E-state index is 14.7. The van der Waals surface area contributed by atoms with Crippen molar-refractivity contribution in [3.63, 3.8) is 0 Å². The summed E-state index contributed by atoms with van der Waals surface area (Å²) in [6.45, 7) is 6.19. The molecule has 0 unspecified atom stereocenters. The summed E-state index contributed by atoms with van der Waals surface area (Å²) in [5.74, 6) is 0.585. The normalized spacial score (nSPS) is 22.8. The van der Waals surface area contributed by atoms with E-state index in [0.717, 1.165) is 48.7 Å². The number of halogens is 2. The molecule has 3 aromatic carbocycles. The number of carbonyl (C=O) groups is 2. The third-order valence-electron chi connectivity index (χ3n) is 9.42. The van der Waals surface area contributed by atoms with Crippen molar-refractivity contribution in [2.24, 2.45) is 5.92 Å². The number of hydrogen-bond acceptors (Lipinski definition) is 5. The van der Waals surface area contributed by atoms with E-state index >= 15 is 0 Å². The highest BCUT2D eigenvalue weighted by Gasteiger charge is 2.49. The van der Waals surface area contributed by atoms with Crippen LogP contribution in [0.5, 0.6) is 0 Å². The van der Waals surface area contributed by atoms with Gasteiger partial charge in [0, 0.05) is 49.2 Å². The van der Waals surface area contributed by atoms with Gasteiger partial charge in [-0.15, -0.1) is 0 Å². The Balaban J connectivity index is 1.38. The van der Waals surface area contributed by atoms with Gasteiger partial charge >= 0.3 is 0 Å². The number of hydrogen-bond donors (Lipinski definition) is 0. The number of ether oxygens (including phenoxy) is 1. The minimum atomic E-state index is -0.834. The molecule has 1 aliphatic carbocycles. The summed E-state index contributed by atoms with van der Waals surface area (Å²) >= 11 is 12.6. The third-order valence-corrected chi connectivity index (χ3v) is 9.93. The van der Waals surface area contributed by atoms with Gasteiger partial charge in [0.25, 0.3) is 5.91 Å². The van der Waals surface area contributed by atoms with Crippen LogP contribution in [0.1, 0.15) is 67.0 Å². The first-order valence-corrected chi connectivity index (χ1v) is 17.1. The molecule has 2 aliphatic heterocycles. The number of nitriles is 1. The topological polar surface area (TPSA) is 76.9 Å². The number of morpholine rings is 1. The van der Waals surface area contributed by atoms with Crippen molar-refractivity contribution < 1.29 is 14.3 Å². The van der Waals surface area contributed by atoms with Crippen LogP contribution in [-0.2, 0) is 20.7 Å². The minimum Gasteiger partial charge on any atom is -0.358 e. The van der Waals surface area contributed by atoms with Gasteiger partial charge < -0.3 is 14.5 Å². The lowest BCUT2D eigenvalue weighted by atomic mass is 9.88. The van der Waals surface area contributed by atoms with E-state index in [9.17, 15) is 14.9 Å². The second kappa shape index (κ2) is 14.6. The van der Waals surface area contributed by atoms with E-state index in [-0.39, 0.29) is 11.8 Å². The van der Waals surface area contributed by atoms with Gasteiger partial charge in [-0.2, -0.15) is 5.26 Å². The molecule has 240 valence electrons. The van der Waals surface area contributed by atoms with E-state index in [1.54, 1.807) is 12.1 Å². The van der Waals surface area contributed by atoms with Gasteiger partial charge in [0.2, 0.25) is 5.91 Å². The molecule has 4 atom stereocenters. The number of amides is 2. The van der Waals surface area contributed by atoms with E-state index in [2.05, 4.69) is 17.9 Å². The zero-order valence-electron chi connectivity index (χ0n) is 26.2. The van der Waals surface area contributed by atoms with E-state index in [1.807, 2.05) is 70.5 Å². The summed E-state index contributed by atoms with van der Waals surface area (Å²) in [5.41, 5.74) is 3.14. The van der Waals surface area contributed by atoms with Crippen LogP contribution in [-0.4, -0.2) is 71.4 Å². The lowest BCUT2D eigenvalue weighted by Gasteiger charge is -2.49. The molecule has 3 aliphatic rings. The maximum Gasteiger partial charge on any atom is 0.253 e. The molecule has 1 saturated carbocycles. The monoisotopic (exact) mass is 658 g/mol. The molecule has 2 amide bonds. The number of rotatable bonds is 10. The summed E-state index contributed by atoms with van der Waals surface area (Å²) in [4.78, 5) is 35.5. The lowest BCUT2D eigenvalue weighted by Crippen LogP contribution is -2.61. The van der Waals surface area contributed by atoms with Gasteiger partial charge in [0.1, 0.15) is 18.2 Å². The molecule has 0 radical (unpaired) electrons. The third kappa shape index (κ3) is 7.42. The highest BCUT2D eigenvalue weighted by molar-refractivity contribution is 6.30. The number of carbonyl (C=O) groups excluding carboxylic acids is 2. The second-order valence-electron chi connectivity index (χ2n) is 12.7. The van der Waals surface area contributed by atoms with Crippen molar-refractivity contribution in [3.8, 4) is 6.07 Å². The van der Waals surface area contributed by atoms with Gasteiger partial charge in [0.15, 0.2) is 0 Å². The van der Waals surface area contributed by atoms with Gasteiger partial charge in [-0.3, -0.25) is 14.5 Å². The highest BCUT2D eigenvalue weighted by Crippen LogP contribution is 2.45. The molecule has 0 aromatic heterocycles. The SMILES string of the molecule is CCC[C@@H](C(=O)N1CCN(CC2CC2)CC1)N1C(=O)[C@@H](Cc2ccc(C#N)cc2)O[C@H](c2ccc(Cl)cc2)[C@@H]1c1ccc(Cl)cc1. The molecule has 2 saturated heterocycles. The molecule has 0 N–H and O–H groups in total. The Kier molecular flexibility index (Phi) is 10.3. The largest absolute Gasteiger partial charge is 0.358 e.